The Bertz CT molecular complexity index is 529. The highest BCUT2D eigenvalue weighted by molar-refractivity contribution is 5.48. The van der Waals surface area contributed by atoms with Gasteiger partial charge in [0.2, 0.25) is 0 Å². The summed E-state index contributed by atoms with van der Waals surface area (Å²) in [5, 5.41) is 0. The lowest BCUT2D eigenvalue weighted by Crippen LogP contribution is -2.21. The highest BCUT2D eigenvalue weighted by Crippen LogP contribution is 2.18. The molecule has 96 valence electrons. The molecule has 2 aromatic heterocycles. The second-order valence-corrected chi connectivity index (χ2v) is 4.89. The van der Waals surface area contributed by atoms with Crippen LogP contribution in [0.15, 0.2) is 24.5 Å². The summed E-state index contributed by atoms with van der Waals surface area (Å²) in [6, 6.07) is 4.04. The number of nitrogens with zero attached hydrogens (tertiary/aromatic N) is 2. The molecule has 2 aromatic rings. The quantitative estimate of drug-likeness (QED) is 0.898. The number of ether oxygens (including phenoxy) is 1. The zero-order chi connectivity index (χ0) is 12.4. The van der Waals surface area contributed by atoms with E-state index < -0.39 is 0 Å². The lowest BCUT2D eigenvalue weighted by Gasteiger charge is -2.21. The number of fused-ring (bicyclic) bond motifs is 1. The number of nitrogens with two attached hydrogens (primary N) is 1. The van der Waals surface area contributed by atoms with Crippen LogP contribution >= 0.6 is 0 Å². The molecule has 1 saturated heterocycles. The van der Waals surface area contributed by atoms with Gasteiger partial charge in [-0.1, -0.05) is 6.07 Å². The average Bonchev–Trinajstić information content (AvgIpc) is 2.82. The minimum atomic E-state index is 0.338. The van der Waals surface area contributed by atoms with Gasteiger partial charge in [0.1, 0.15) is 5.65 Å². The van der Waals surface area contributed by atoms with Crippen molar-refractivity contribution in [2.45, 2.75) is 38.3 Å². The minimum Gasteiger partial charge on any atom is -0.378 e. The molecule has 0 bridgehead atoms. The van der Waals surface area contributed by atoms with Crippen LogP contribution in [0.5, 0.6) is 0 Å². The molecule has 2 N–H and O–H groups in total. The molecule has 0 saturated carbocycles. The van der Waals surface area contributed by atoms with Crippen LogP contribution < -0.4 is 5.73 Å². The second kappa shape index (κ2) is 5.08. The van der Waals surface area contributed by atoms with Gasteiger partial charge in [0.25, 0.3) is 0 Å². The Balaban J connectivity index is 1.84. The van der Waals surface area contributed by atoms with Gasteiger partial charge in [0.15, 0.2) is 0 Å². The van der Waals surface area contributed by atoms with Crippen molar-refractivity contribution in [3.05, 3.63) is 35.8 Å². The number of rotatable bonds is 3. The third-order valence-electron chi connectivity index (χ3n) is 3.54. The lowest BCUT2D eigenvalue weighted by molar-refractivity contribution is 0.0163. The Morgan fingerprint density at radius 1 is 1.44 bits per heavy atom. The molecule has 1 unspecified atom stereocenters. The summed E-state index contributed by atoms with van der Waals surface area (Å²) in [6.45, 7) is 1.42. The number of imidazole rings is 1. The van der Waals surface area contributed by atoms with E-state index in [4.69, 9.17) is 10.5 Å². The minimum absolute atomic E-state index is 0.338. The maximum absolute atomic E-state index is 5.76. The summed E-state index contributed by atoms with van der Waals surface area (Å²) in [6.07, 6.45) is 8.97. The summed E-state index contributed by atoms with van der Waals surface area (Å²) >= 11 is 0. The molecule has 3 rings (SSSR count). The van der Waals surface area contributed by atoms with Gasteiger partial charge in [-0.15, -0.1) is 0 Å². The topological polar surface area (TPSA) is 52.5 Å². The van der Waals surface area contributed by atoms with Gasteiger partial charge < -0.3 is 14.9 Å². The summed E-state index contributed by atoms with van der Waals surface area (Å²) in [5.41, 5.74) is 8.90. The van der Waals surface area contributed by atoms with E-state index in [9.17, 15) is 0 Å². The molecular weight excluding hydrogens is 226 g/mol. The van der Waals surface area contributed by atoms with E-state index in [1.165, 1.54) is 12.8 Å². The maximum Gasteiger partial charge on any atom is 0.141 e. The molecule has 4 nitrogen and oxygen atoms in total. The van der Waals surface area contributed by atoms with Gasteiger partial charge in [-0.25, -0.2) is 4.98 Å². The van der Waals surface area contributed by atoms with Crippen LogP contribution in [0, 0.1) is 0 Å². The normalized spacial score (nSPS) is 20.4. The fourth-order valence-electron chi connectivity index (χ4n) is 2.58. The number of pyridine rings is 1. The maximum atomic E-state index is 5.76. The molecule has 1 aliphatic heterocycles. The molecule has 18 heavy (non-hydrogen) atoms. The van der Waals surface area contributed by atoms with E-state index >= 15 is 0 Å². The van der Waals surface area contributed by atoms with Crippen LogP contribution in [0.3, 0.4) is 0 Å². The highest BCUT2D eigenvalue weighted by Gasteiger charge is 2.16. The van der Waals surface area contributed by atoms with Crippen LogP contribution in [-0.4, -0.2) is 22.1 Å². The third kappa shape index (κ3) is 2.26. The van der Waals surface area contributed by atoms with Gasteiger partial charge in [-0.3, -0.25) is 0 Å². The van der Waals surface area contributed by atoms with Crippen molar-refractivity contribution in [1.29, 1.82) is 0 Å². The van der Waals surface area contributed by atoms with Gasteiger partial charge >= 0.3 is 0 Å². The fourth-order valence-corrected chi connectivity index (χ4v) is 2.58. The largest absolute Gasteiger partial charge is 0.378 e. The Morgan fingerprint density at radius 2 is 2.39 bits per heavy atom. The molecule has 0 aliphatic carbocycles. The Kier molecular flexibility index (Phi) is 3.30. The highest BCUT2D eigenvalue weighted by atomic mass is 16.5. The van der Waals surface area contributed by atoms with Crippen LogP contribution in [0.2, 0.25) is 0 Å². The predicted molar refractivity (Wildman–Crippen MR) is 70.4 cm³/mol. The fraction of sp³-hybridized carbons (Fsp3) is 0.500. The van der Waals surface area contributed by atoms with Crippen molar-refractivity contribution in [2.75, 3.05) is 6.61 Å². The van der Waals surface area contributed by atoms with Crippen molar-refractivity contribution >= 4 is 5.65 Å². The predicted octanol–water partition coefficient (Wildman–Crippen LogP) is 1.90. The summed E-state index contributed by atoms with van der Waals surface area (Å²) in [4.78, 5) is 4.68. The molecule has 0 amide bonds. The number of hydrogen-bond donors (Lipinski definition) is 1. The smallest absolute Gasteiger partial charge is 0.141 e. The first kappa shape index (κ1) is 11.7. The molecule has 1 atom stereocenters. The van der Waals surface area contributed by atoms with E-state index in [-0.39, 0.29) is 0 Å². The van der Waals surface area contributed by atoms with Gasteiger partial charge in [-0.2, -0.15) is 0 Å². The first-order valence-electron chi connectivity index (χ1n) is 6.64. The molecule has 1 fully saturated rings. The number of aromatic nitrogens is 2. The third-order valence-corrected chi connectivity index (χ3v) is 3.54. The van der Waals surface area contributed by atoms with E-state index in [0.29, 0.717) is 12.6 Å². The molecular formula is C14H19N3O. The number of hydrogen-bond acceptors (Lipinski definition) is 3. The van der Waals surface area contributed by atoms with Gasteiger partial charge in [0.05, 0.1) is 11.8 Å². The zero-order valence-electron chi connectivity index (χ0n) is 10.5. The molecule has 0 spiro atoms. The SMILES string of the molecule is NCc1cccn2cc(CC3CCCCO3)nc12. The van der Waals surface area contributed by atoms with E-state index in [1.807, 2.05) is 18.3 Å². The molecule has 1 aliphatic rings. The van der Waals surface area contributed by atoms with Gasteiger partial charge in [-0.05, 0) is 25.3 Å². The standard InChI is InChI=1S/C14H19N3O/c15-9-11-4-3-6-17-10-12(16-14(11)17)8-13-5-1-2-7-18-13/h3-4,6,10,13H,1-2,5,7-9,15H2. The van der Waals surface area contributed by atoms with Crippen LogP contribution in [0.4, 0.5) is 0 Å². The Hall–Kier alpha value is -1.39. The molecule has 3 heterocycles. The van der Waals surface area contributed by atoms with Crippen molar-refractivity contribution in [3.63, 3.8) is 0 Å². The Morgan fingerprint density at radius 3 is 3.17 bits per heavy atom. The molecule has 0 aromatic carbocycles. The monoisotopic (exact) mass is 245 g/mol. The van der Waals surface area contributed by atoms with E-state index in [2.05, 4.69) is 15.6 Å². The first-order valence-corrected chi connectivity index (χ1v) is 6.64. The van der Waals surface area contributed by atoms with Crippen LogP contribution in [-0.2, 0) is 17.7 Å². The molecule has 0 radical (unpaired) electrons. The van der Waals surface area contributed by atoms with E-state index in [1.54, 1.807) is 0 Å². The second-order valence-electron chi connectivity index (χ2n) is 4.89. The average molecular weight is 245 g/mol. The van der Waals surface area contributed by atoms with Gasteiger partial charge in [0, 0.05) is 37.5 Å². The van der Waals surface area contributed by atoms with E-state index in [0.717, 1.165) is 36.4 Å². The van der Waals surface area contributed by atoms with Crippen LogP contribution in [0.1, 0.15) is 30.5 Å². The van der Waals surface area contributed by atoms with Crippen molar-refractivity contribution in [1.82, 2.24) is 9.38 Å². The zero-order valence-corrected chi connectivity index (χ0v) is 10.5. The van der Waals surface area contributed by atoms with Crippen molar-refractivity contribution in [2.24, 2.45) is 5.73 Å². The van der Waals surface area contributed by atoms with Crippen molar-refractivity contribution < 1.29 is 4.74 Å². The van der Waals surface area contributed by atoms with Crippen molar-refractivity contribution in [3.8, 4) is 0 Å². The lowest BCUT2D eigenvalue weighted by atomic mass is 10.1. The molecule has 4 heteroatoms. The summed E-state index contributed by atoms with van der Waals surface area (Å²) in [7, 11) is 0. The summed E-state index contributed by atoms with van der Waals surface area (Å²) < 4.78 is 7.82. The van der Waals surface area contributed by atoms with Crippen LogP contribution in [0.25, 0.3) is 5.65 Å². The summed E-state index contributed by atoms with van der Waals surface area (Å²) in [5.74, 6) is 0. The Labute approximate surface area is 107 Å². The first-order chi connectivity index (χ1) is 8.86.